The molecule has 2 atom stereocenters. The number of benzene rings is 2. The van der Waals surface area contributed by atoms with Gasteiger partial charge in [-0.05, 0) is 60.7 Å². The third-order valence-corrected chi connectivity index (χ3v) is 8.22. The van der Waals surface area contributed by atoms with E-state index in [4.69, 9.17) is 11.6 Å². The number of halogens is 1. The first kappa shape index (κ1) is 23.4. The molecule has 2 amide bonds. The van der Waals surface area contributed by atoms with Crippen LogP contribution in [-0.4, -0.2) is 56.0 Å². The van der Waals surface area contributed by atoms with Gasteiger partial charge in [0.25, 0.3) is 0 Å². The van der Waals surface area contributed by atoms with Crippen molar-refractivity contribution in [2.45, 2.75) is 42.7 Å². The second-order valence-electron chi connectivity index (χ2n) is 8.23. The molecule has 1 aliphatic carbocycles. The van der Waals surface area contributed by atoms with Gasteiger partial charge >= 0.3 is 0 Å². The van der Waals surface area contributed by atoms with Crippen LogP contribution in [0, 0.1) is 0 Å². The van der Waals surface area contributed by atoms with E-state index in [0.717, 1.165) is 28.1 Å². The Morgan fingerprint density at radius 3 is 2.67 bits per heavy atom. The fraction of sp³-hybridized carbons (Fsp3) is 0.348. The van der Waals surface area contributed by atoms with Gasteiger partial charge < -0.3 is 10.6 Å². The Bertz CT molecular complexity index is 1180. The summed E-state index contributed by atoms with van der Waals surface area (Å²) in [5.41, 5.74) is 2.79. The molecule has 1 fully saturated rings. The van der Waals surface area contributed by atoms with Gasteiger partial charge in [0.05, 0.1) is 11.3 Å². The monoisotopic (exact) mass is 489 g/mol. The minimum Gasteiger partial charge on any atom is -0.353 e. The summed E-state index contributed by atoms with van der Waals surface area (Å²) < 4.78 is 27.4. The summed E-state index contributed by atoms with van der Waals surface area (Å²) >= 11 is 5.87. The summed E-state index contributed by atoms with van der Waals surface area (Å²) in [6.07, 6.45) is 2.58. The molecule has 2 N–H and O–H groups in total. The molecule has 4 rings (SSSR count). The molecule has 2 aromatic rings. The van der Waals surface area contributed by atoms with Gasteiger partial charge in [-0.25, -0.2) is 8.42 Å². The second kappa shape index (κ2) is 9.62. The van der Waals surface area contributed by atoms with E-state index in [-0.39, 0.29) is 36.4 Å². The van der Waals surface area contributed by atoms with Crippen LogP contribution in [0.25, 0.3) is 0 Å². The van der Waals surface area contributed by atoms with E-state index >= 15 is 0 Å². The standard InChI is InChI=1S/C23H24ClN3O5S/c24-18-4-7-20(8-5-18)33(31,32)27-10-9-25-23(30)21(27)13-22(29)26-19-6-3-16-11-15(14-28)1-2-17(16)12-19/h1-2,4-5,7-8,11,14,19,21H,3,6,9-10,12-13H2,(H,25,30)(H,26,29)/t19-,21?/m1/s1. The fourth-order valence-electron chi connectivity index (χ4n) is 4.35. The lowest BCUT2D eigenvalue weighted by molar-refractivity contribution is -0.131. The van der Waals surface area contributed by atoms with Crippen molar-refractivity contribution in [3.05, 3.63) is 64.2 Å². The summed E-state index contributed by atoms with van der Waals surface area (Å²) in [5.74, 6) is -0.879. The molecule has 174 valence electrons. The van der Waals surface area contributed by atoms with Crippen LogP contribution < -0.4 is 10.6 Å². The lowest BCUT2D eigenvalue weighted by atomic mass is 9.87. The molecule has 10 heteroatoms. The van der Waals surface area contributed by atoms with E-state index in [2.05, 4.69) is 10.6 Å². The predicted molar refractivity (Wildman–Crippen MR) is 123 cm³/mol. The molecular formula is C23H24ClN3O5S. The van der Waals surface area contributed by atoms with Gasteiger partial charge in [0, 0.05) is 29.7 Å². The van der Waals surface area contributed by atoms with Crippen molar-refractivity contribution in [2.75, 3.05) is 13.1 Å². The molecule has 1 heterocycles. The Morgan fingerprint density at radius 1 is 1.18 bits per heavy atom. The summed E-state index contributed by atoms with van der Waals surface area (Å²) in [4.78, 5) is 36.4. The van der Waals surface area contributed by atoms with Crippen molar-refractivity contribution in [1.82, 2.24) is 14.9 Å². The number of hydrogen-bond acceptors (Lipinski definition) is 5. The number of nitrogens with zero attached hydrogens (tertiary/aromatic N) is 1. The highest BCUT2D eigenvalue weighted by atomic mass is 35.5. The zero-order valence-corrected chi connectivity index (χ0v) is 19.4. The Hall–Kier alpha value is -2.75. The van der Waals surface area contributed by atoms with Gasteiger partial charge in [0.15, 0.2) is 0 Å². The topological polar surface area (TPSA) is 113 Å². The number of rotatable bonds is 6. The molecular weight excluding hydrogens is 466 g/mol. The lowest BCUT2D eigenvalue weighted by Crippen LogP contribution is -2.58. The number of amides is 2. The number of aryl methyl sites for hydroxylation is 1. The van der Waals surface area contributed by atoms with Crippen molar-refractivity contribution >= 4 is 39.7 Å². The molecule has 1 unspecified atom stereocenters. The third kappa shape index (κ3) is 5.10. The zero-order chi connectivity index (χ0) is 23.6. The van der Waals surface area contributed by atoms with Crippen LogP contribution >= 0.6 is 11.6 Å². The molecule has 0 bridgehead atoms. The van der Waals surface area contributed by atoms with Crippen LogP contribution in [0.1, 0.15) is 34.3 Å². The first-order valence-corrected chi connectivity index (χ1v) is 12.5. The molecule has 0 spiro atoms. The van der Waals surface area contributed by atoms with E-state index in [9.17, 15) is 22.8 Å². The molecule has 8 nitrogen and oxygen atoms in total. The highest BCUT2D eigenvalue weighted by Crippen LogP contribution is 2.25. The highest BCUT2D eigenvalue weighted by Gasteiger charge is 2.40. The number of aldehydes is 1. The minimum atomic E-state index is -3.98. The first-order valence-electron chi connectivity index (χ1n) is 10.7. The normalized spacial score (nSPS) is 21.1. The van der Waals surface area contributed by atoms with Crippen molar-refractivity contribution in [3.63, 3.8) is 0 Å². The van der Waals surface area contributed by atoms with Crippen molar-refractivity contribution in [3.8, 4) is 0 Å². The quantitative estimate of drug-likeness (QED) is 0.600. The highest BCUT2D eigenvalue weighted by molar-refractivity contribution is 7.89. The number of sulfonamides is 1. The number of carbonyl (C=O) groups excluding carboxylic acids is 3. The van der Waals surface area contributed by atoms with Gasteiger partial charge in [0.2, 0.25) is 21.8 Å². The second-order valence-corrected chi connectivity index (χ2v) is 10.6. The minimum absolute atomic E-state index is 0.0191. The smallest absolute Gasteiger partial charge is 0.243 e. The SMILES string of the molecule is O=Cc1ccc2c(c1)CC[C@@H](NC(=O)CC1C(=O)NCCN1S(=O)(=O)c1ccc(Cl)cc1)C2. The van der Waals surface area contributed by atoms with E-state index in [1.807, 2.05) is 12.1 Å². The maximum atomic E-state index is 13.2. The Kier molecular flexibility index (Phi) is 6.83. The number of nitrogens with one attached hydrogen (secondary N) is 2. The van der Waals surface area contributed by atoms with Crippen molar-refractivity contribution in [2.24, 2.45) is 0 Å². The van der Waals surface area contributed by atoms with Crippen LogP contribution in [0.5, 0.6) is 0 Å². The molecule has 1 saturated heterocycles. The van der Waals surface area contributed by atoms with E-state index in [0.29, 0.717) is 23.4 Å². The van der Waals surface area contributed by atoms with E-state index in [1.165, 1.54) is 24.3 Å². The summed E-state index contributed by atoms with van der Waals surface area (Å²) in [6, 6.07) is 9.97. The number of piperazine rings is 1. The van der Waals surface area contributed by atoms with E-state index < -0.39 is 22.0 Å². The molecule has 0 radical (unpaired) electrons. The van der Waals surface area contributed by atoms with Crippen molar-refractivity contribution < 1.29 is 22.8 Å². The summed E-state index contributed by atoms with van der Waals surface area (Å²) in [6.45, 7) is 0.247. The maximum absolute atomic E-state index is 13.2. The fourth-order valence-corrected chi connectivity index (χ4v) is 6.07. The van der Waals surface area contributed by atoms with Crippen LogP contribution in [0.2, 0.25) is 5.02 Å². The molecule has 2 aromatic carbocycles. The van der Waals surface area contributed by atoms with Gasteiger partial charge in [0.1, 0.15) is 12.3 Å². The number of fused-ring (bicyclic) bond motifs is 1. The van der Waals surface area contributed by atoms with Crippen LogP contribution in [0.3, 0.4) is 0 Å². The van der Waals surface area contributed by atoms with E-state index in [1.54, 1.807) is 6.07 Å². The van der Waals surface area contributed by atoms with Crippen LogP contribution in [0.15, 0.2) is 47.4 Å². The van der Waals surface area contributed by atoms with Crippen LogP contribution in [-0.2, 0) is 32.5 Å². The molecule has 2 aliphatic rings. The number of carbonyl (C=O) groups is 3. The average molecular weight is 490 g/mol. The first-order chi connectivity index (χ1) is 15.8. The Labute approximate surface area is 197 Å². The van der Waals surface area contributed by atoms with Gasteiger partial charge in [-0.1, -0.05) is 23.7 Å². The Morgan fingerprint density at radius 2 is 1.94 bits per heavy atom. The largest absolute Gasteiger partial charge is 0.353 e. The van der Waals surface area contributed by atoms with Gasteiger partial charge in [-0.2, -0.15) is 4.31 Å². The summed E-state index contributed by atoms with van der Waals surface area (Å²) in [5, 5.41) is 6.00. The van der Waals surface area contributed by atoms with Gasteiger partial charge in [-0.15, -0.1) is 0 Å². The Balaban J connectivity index is 1.45. The van der Waals surface area contributed by atoms with Crippen molar-refractivity contribution in [1.29, 1.82) is 0 Å². The lowest BCUT2D eigenvalue weighted by Gasteiger charge is -2.34. The zero-order valence-electron chi connectivity index (χ0n) is 17.8. The number of hydrogen-bond donors (Lipinski definition) is 2. The van der Waals surface area contributed by atoms with Gasteiger partial charge in [-0.3, -0.25) is 14.4 Å². The maximum Gasteiger partial charge on any atom is 0.243 e. The average Bonchev–Trinajstić information content (AvgIpc) is 2.80. The summed E-state index contributed by atoms with van der Waals surface area (Å²) in [7, 11) is -3.98. The third-order valence-electron chi connectivity index (χ3n) is 6.04. The molecule has 33 heavy (non-hydrogen) atoms. The predicted octanol–water partition coefficient (Wildman–Crippen LogP) is 1.71. The molecule has 0 aromatic heterocycles. The van der Waals surface area contributed by atoms with Crippen LogP contribution in [0.4, 0.5) is 0 Å². The molecule has 1 aliphatic heterocycles. The molecule has 0 saturated carbocycles.